The van der Waals surface area contributed by atoms with E-state index in [1.165, 1.54) is 6.08 Å². The average Bonchev–Trinajstić information content (AvgIpc) is 2.58. The van der Waals surface area contributed by atoms with Crippen LogP contribution in [0.4, 0.5) is 0 Å². The fourth-order valence-corrected chi connectivity index (χ4v) is 2.85. The summed E-state index contributed by atoms with van der Waals surface area (Å²) in [6.45, 7) is 0.351. The Balaban J connectivity index is 1.85. The Kier molecular flexibility index (Phi) is 5.25. The number of carbonyl (C=O) groups is 2. The number of thiocarbonyl (C=S) groups is 1. The molecule has 2 aromatic carbocycles. The number of carbonyl (C=O) groups excluding carboxylic acids is 2. The molecule has 2 N–H and O–H groups in total. The van der Waals surface area contributed by atoms with E-state index in [0.717, 1.165) is 10.0 Å². The van der Waals surface area contributed by atoms with Crippen molar-refractivity contribution in [3.63, 3.8) is 0 Å². The number of halogens is 1. The molecule has 0 aromatic heterocycles. The zero-order chi connectivity index (χ0) is 17.8. The van der Waals surface area contributed by atoms with Crippen LogP contribution in [-0.4, -0.2) is 16.9 Å². The minimum atomic E-state index is -0.533. The van der Waals surface area contributed by atoms with Crippen molar-refractivity contribution >= 4 is 51.2 Å². The van der Waals surface area contributed by atoms with Gasteiger partial charge in [-0.05, 0) is 30.4 Å². The maximum Gasteiger partial charge on any atom is 0.263 e. The summed E-state index contributed by atoms with van der Waals surface area (Å²) in [6.07, 6.45) is 1.49. The first-order valence-corrected chi connectivity index (χ1v) is 8.58. The highest BCUT2D eigenvalue weighted by atomic mass is 79.9. The lowest BCUT2D eigenvalue weighted by Gasteiger charge is -2.17. The van der Waals surface area contributed by atoms with E-state index in [2.05, 4.69) is 26.6 Å². The van der Waals surface area contributed by atoms with Crippen LogP contribution < -0.4 is 15.4 Å². The summed E-state index contributed by atoms with van der Waals surface area (Å²) in [7, 11) is 0. The molecule has 2 amide bonds. The topological polar surface area (TPSA) is 67.4 Å². The Labute approximate surface area is 158 Å². The van der Waals surface area contributed by atoms with Crippen molar-refractivity contribution < 1.29 is 14.3 Å². The van der Waals surface area contributed by atoms with Gasteiger partial charge in [0.25, 0.3) is 11.8 Å². The number of amides is 2. The lowest BCUT2D eigenvalue weighted by molar-refractivity contribution is -0.123. The van der Waals surface area contributed by atoms with E-state index in [1.807, 2.05) is 30.3 Å². The summed E-state index contributed by atoms with van der Waals surface area (Å²) < 4.78 is 6.82. The molecule has 0 spiro atoms. The van der Waals surface area contributed by atoms with Crippen LogP contribution in [0.15, 0.2) is 58.6 Å². The number of hydrogen-bond acceptors (Lipinski definition) is 4. The second kappa shape index (κ2) is 7.58. The van der Waals surface area contributed by atoms with Crippen LogP contribution in [0.3, 0.4) is 0 Å². The third-order valence-electron chi connectivity index (χ3n) is 3.50. The van der Waals surface area contributed by atoms with Gasteiger partial charge in [-0.15, -0.1) is 0 Å². The minimum Gasteiger partial charge on any atom is -0.488 e. The molecule has 1 aliphatic rings. The molecule has 1 aliphatic heterocycles. The Bertz CT molecular complexity index is 873. The van der Waals surface area contributed by atoms with Gasteiger partial charge in [-0.2, -0.15) is 0 Å². The molecule has 5 nitrogen and oxygen atoms in total. The molecule has 0 aliphatic carbocycles. The smallest absolute Gasteiger partial charge is 0.263 e. The van der Waals surface area contributed by atoms with Crippen molar-refractivity contribution in [3.8, 4) is 5.75 Å². The zero-order valence-electron chi connectivity index (χ0n) is 12.9. The number of hydrogen-bond donors (Lipinski definition) is 2. The summed E-state index contributed by atoms with van der Waals surface area (Å²) >= 11 is 8.27. The normalized spacial score (nSPS) is 14.0. The maximum atomic E-state index is 12.0. The second-order valence-corrected chi connectivity index (χ2v) is 6.48. The summed E-state index contributed by atoms with van der Waals surface area (Å²) in [5, 5.41) is 4.83. The molecular formula is C18H13BrN2O3S. The quantitative estimate of drug-likeness (QED) is 0.456. The van der Waals surface area contributed by atoms with Crippen LogP contribution in [0.2, 0.25) is 0 Å². The summed E-state index contributed by atoms with van der Waals surface area (Å²) in [5.74, 6) is -0.497. The van der Waals surface area contributed by atoms with Gasteiger partial charge in [-0.3, -0.25) is 20.2 Å². The van der Waals surface area contributed by atoms with Crippen molar-refractivity contribution in [1.29, 1.82) is 0 Å². The molecule has 25 heavy (non-hydrogen) atoms. The van der Waals surface area contributed by atoms with E-state index in [0.29, 0.717) is 17.9 Å². The van der Waals surface area contributed by atoms with E-state index in [9.17, 15) is 9.59 Å². The van der Waals surface area contributed by atoms with Crippen molar-refractivity contribution in [2.45, 2.75) is 6.61 Å². The van der Waals surface area contributed by atoms with E-state index in [-0.39, 0.29) is 10.7 Å². The fourth-order valence-electron chi connectivity index (χ4n) is 2.26. The van der Waals surface area contributed by atoms with Crippen LogP contribution in [0.1, 0.15) is 11.1 Å². The van der Waals surface area contributed by atoms with Gasteiger partial charge in [0.2, 0.25) is 0 Å². The maximum absolute atomic E-state index is 12.0. The molecule has 1 saturated heterocycles. The van der Waals surface area contributed by atoms with Crippen LogP contribution in [-0.2, 0) is 16.2 Å². The molecule has 0 atom stereocenters. The van der Waals surface area contributed by atoms with Crippen molar-refractivity contribution in [2.75, 3.05) is 0 Å². The molecule has 0 unspecified atom stereocenters. The van der Waals surface area contributed by atoms with Crippen LogP contribution >= 0.6 is 28.1 Å². The molecule has 0 radical (unpaired) electrons. The molecular weight excluding hydrogens is 404 g/mol. The predicted molar refractivity (Wildman–Crippen MR) is 102 cm³/mol. The van der Waals surface area contributed by atoms with Crippen molar-refractivity contribution in [2.24, 2.45) is 0 Å². The van der Waals surface area contributed by atoms with Crippen LogP contribution in [0, 0.1) is 0 Å². The van der Waals surface area contributed by atoms with E-state index < -0.39 is 11.8 Å². The predicted octanol–water partition coefficient (Wildman–Crippen LogP) is 2.94. The number of rotatable bonds is 4. The van der Waals surface area contributed by atoms with Gasteiger partial charge in [0.1, 0.15) is 17.9 Å². The van der Waals surface area contributed by atoms with Gasteiger partial charge in [0.05, 0.1) is 0 Å². The van der Waals surface area contributed by atoms with Crippen LogP contribution in [0.5, 0.6) is 5.75 Å². The van der Waals surface area contributed by atoms with Gasteiger partial charge < -0.3 is 4.74 Å². The Morgan fingerprint density at radius 1 is 1.00 bits per heavy atom. The average molecular weight is 417 g/mol. The summed E-state index contributed by atoms with van der Waals surface area (Å²) in [5.41, 5.74) is 1.59. The zero-order valence-corrected chi connectivity index (χ0v) is 15.3. The highest BCUT2D eigenvalue weighted by Crippen LogP contribution is 2.24. The molecule has 1 fully saturated rings. The lowest BCUT2D eigenvalue weighted by Crippen LogP contribution is -2.51. The largest absolute Gasteiger partial charge is 0.488 e. The lowest BCUT2D eigenvalue weighted by atomic mass is 10.1. The molecule has 126 valence electrons. The molecule has 7 heteroatoms. The third-order valence-corrected chi connectivity index (χ3v) is 4.48. The van der Waals surface area contributed by atoms with Gasteiger partial charge in [0, 0.05) is 15.6 Å². The standard InChI is InChI=1S/C18H13BrN2O3S/c19-14-7-3-1-6-12(14)10-24-15-8-4-2-5-11(15)9-13-16(22)20-18(25)21-17(13)23/h1-9H,10H2,(H2,20,21,22,23,25). The third kappa shape index (κ3) is 4.12. The molecule has 0 bridgehead atoms. The Morgan fingerprint density at radius 2 is 1.64 bits per heavy atom. The SMILES string of the molecule is O=C1NC(=S)NC(=O)C1=Cc1ccccc1OCc1ccccc1Br. The van der Waals surface area contributed by atoms with Gasteiger partial charge in [0.15, 0.2) is 5.11 Å². The molecule has 0 saturated carbocycles. The van der Waals surface area contributed by atoms with Crippen molar-refractivity contribution in [3.05, 3.63) is 69.7 Å². The highest BCUT2D eigenvalue weighted by Gasteiger charge is 2.26. The van der Waals surface area contributed by atoms with Crippen LogP contribution in [0.25, 0.3) is 6.08 Å². The monoisotopic (exact) mass is 416 g/mol. The van der Waals surface area contributed by atoms with Gasteiger partial charge in [-0.25, -0.2) is 0 Å². The first-order chi connectivity index (χ1) is 12.0. The fraction of sp³-hybridized carbons (Fsp3) is 0.0556. The molecule has 3 rings (SSSR count). The molecule has 2 aromatic rings. The van der Waals surface area contributed by atoms with E-state index >= 15 is 0 Å². The number of nitrogens with one attached hydrogen (secondary N) is 2. The number of para-hydroxylation sites is 1. The Morgan fingerprint density at radius 3 is 2.36 bits per heavy atom. The Hall–Kier alpha value is -2.51. The summed E-state index contributed by atoms with van der Waals surface area (Å²) in [4.78, 5) is 24.0. The first kappa shape index (κ1) is 17.3. The van der Waals surface area contributed by atoms with Crippen molar-refractivity contribution in [1.82, 2.24) is 10.6 Å². The van der Waals surface area contributed by atoms with Gasteiger partial charge in [-0.1, -0.05) is 52.3 Å². The second-order valence-electron chi connectivity index (χ2n) is 5.21. The summed E-state index contributed by atoms with van der Waals surface area (Å²) in [6, 6.07) is 14.9. The van der Waals surface area contributed by atoms with E-state index in [1.54, 1.807) is 18.2 Å². The number of ether oxygens (including phenoxy) is 1. The van der Waals surface area contributed by atoms with Gasteiger partial charge >= 0.3 is 0 Å². The minimum absolute atomic E-state index is 0.00520. The van der Waals surface area contributed by atoms with E-state index in [4.69, 9.17) is 17.0 Å². The first-order valence-electron chi connectivity index (χ1n) is 7.38. The highest BCUT2D eigenvalue weighted by molar-refractivity contribution is 9.10. The molecule has 1 heterocycles. The number of benzene rings is 2.